The second-order valence-electron chi connectivity index (χ2n) is 8.87. The summed E-state index contributed by atoms with van der Waals surface area (Å²) in [5, 5.41) is 0. The Morgan fingerprint density at radius 3 is 2.39 bits per heavy atom. The number of aromatic nitrogens is 5. The lowest BCUT2D eigenvalue weighted by Crippen LogP contribution is -2.39. The van der Waals surface area contributed by atoms with Crippen molar-refractivity contribution in [2.24, 2.45) is 7.05 Å². The van der Waals surface area contributed by atoms with E-state index in [0.717, 1.165) is 32.6 Å². The van der Waals surface area contributed by atoms with Gasteiger partial charge in [-0.25, -0.2) is 4.79 Å². The van der Waals surface area contributed by atoms with Crippen molar-refractivity contribution in [3.63, 3.8) is 0 Å². The first kappa shape index (κ1) is 23.3. The third-order valence-corrected chi connectivity index (χ3v) is 6.23. The van der Waals surface area contributed by atoms with Gasteiger partial charge in [-0.05, 0) is 44.0 Å². The number of ether oxygens (including phenoxy) is 1. The minimum Gasteiger partial charge on any atom is -0.466 e. The first-order chi connectivity index (χ1) is 17.3. The Kier molecular flexibility index (Phi) is 5.83. The van der Waals surface area contributed by atoms with Crippen LogP contribution in [0.4, 0.5) is 0 Å². The van der Waals surface area contributed by atoms with E-state index in [0.29, 0.717) is 5.78 Å². The lowest BCUT2D eigenvalue weighted by Gasteiger charge is -2.11. The van der Waals surface area contributed by atoms with E-state index in [-0.39, 0.29) is 30.7 Å². The Bertz CT molecular complexity index is 1720. The van der Waals surface area contributed by atoms with Crippen LogP contribution >= 0.6 is 0 Å². The van der Waals surface area contributed by atoms with Gasteiger partial charge in [-0.15, -0.1) is 0 Å². The summed E-state index contributed by atoms with van der Waals surface area (Å²) in [7, 11) is 1.58. The number of carbonyl (C=O) groups excluding carboxylic acids is 1. The Hall–Kier alpha value is -4.40. The number of hydrogen-bond donors (Lipinski definition) is 0. The van der Waals surface area contributed by atoms with Crippen LogP contribution in [0.15, 0.2) is 64.3 Å². The number of carbonyl (C=O) groups is 1. The van der Waals surface area contributed by atoms with Crippen molar-refractivity contribution in [3.8, 4) is 16.9 Å². The molecule has 0 saturated carbocycles. The molecule has 0 amide bonds. The minimum absolute atomic E-state index is 0.0726. The molecule has 0 unspecified atom stereocenters. The number of hydrogen-bond acceptors (Lipinski definition) is 5. The van der Waals surface area contributed by atoms with Crippen molar-refractivity contribution in [1.29, 1.82) is 0 Å². The molecule has 0 N–H and O–H groups in total. The Balaban J connectivity index is 1.82. The number of nitrogens with zero attached hydrogens (tertiary/aromatic N) is 5. The van der Waals surface area contributed by atoms with E-state index >= 15 is 0 Å². The van der Waals surface area contributed by atoms with Gasteiger partial charge in [0.05, 0.1) is 18.7 Å². The highest BCUT2D eigenvalue weighted by molar-refractivity contribution is 5.79. The van der Waals surface area contributed by atoms with Gasteiger partial charge >= 0.3 is 11.7 Å². The van der Waals surface area contributed by atoms with Crippen LogP contribution in [-0.2, 0) is 23.1 Å². The lowest BCUT2D eigenvalue weighted by molar-refractivity contribution is -0.143. The number of imidazole rings is 2. The molecule has 9 heteroatoms. The lowest BCUT2D eigenvalue weighted by atomic mass is 10.1. The van der Waals surface area contributed by atoms with Crippen LogP contribution in [0.2, 0.25) is 0 Å². The number of fused-ring (bicyclic) bond motifs is 3. The average molecular weight is 486 g/mol. The van der Waals surface area contributed by atoms with Gasteiger partial charge in [-0.1, -0.05) is 36.4 Å². The summed E-state index contributed by atoms with van der Waals surface area (Å²) < 4.78 is 11.1. The molecule has 9 nitrogen and oxygen atoms in total. The highest BCUT2D eigenvalue weighted by Crippen LogP contribution is 2.29. The SMILES string of the molecule is CCOC(=O)CCn1c(=O)c2c(nc3n(-c4cc(C)cc(C)c4)c(-c4ccccc4)cn23)n(C)c1=O. The average Bonchev–Trinajstić information content (AvgIpc) is 3.39. The van der Waals surface area contributed by atoms with Gasteiger partial charge in [0.2, 0.25) is 5.78 Å². The van der Waals surface area contributed by atoms with Crippen molar-refractivity contribution < 1.29 is 9.53 Å². The van der Waals surface area contributed by atoms with Crippen LogP contribution in [0, 0.1) is 13.8 Å². The second-order valence-corrected chi connectivity index (χ2v) is 8.87. The van der Waals surface area contributed by atoms with Gasteiger partial charge in [0.25, 0.3) is 5.56 Å². The summed E-state index contributed by atoms with van der Waals surface area (Å²) in [6, 6.07) is 16.1. The molecule has 184 valence electrons. The highest BCUT2D eigenvalue weighted by Gasteiger charge is 2.23. The van der Waals surface area contributed by atoms with Gasteiger partial charge < -0.3 is 4.74 Å². The van der Waals surface area contributed by atoms with Crippen LogP contribution in [-0.4, -0.2) is 35.7 Å². The molecule has 0 aliphatic heterocycles. The third-order valence-electron chi connectivity index (χ3n) is 6.23. The van der Waals surface area contributed by atoms with Crippen molar-refractivity contribution >= 4 is 22.9 Å². The number of rotatable bonds is 6. The summed E-state index contributed by atoms with van der Waals surface area (Å²) in [5.74, 6) is 0.0569. The van der Waals surface area contributed by atoms with Crippen molar-refractivity contribution in [2.45, 2.75) is 33.7 Å². The molecule has 0 saturated heterocycles. The molecule has 2 aromatic carbocycles. The quantitative estimate of drug-likeness (QED) is 0.344. The first-order valence-electron chi connectivity index (χ1n) is 11.8. The smallest absolute Gasteiger partial charge is 0.332 e. The highest BCUT2D eigenvalue weighted by atomic mass is 16.5. The van der Waals surface area contributed by atoms with E-state index in [1.165, 1.54) is 4.57 Å². The molecule has 0 bridgehead atoms. The maximum Gasteiger partial charge on any atom is 0.332 e. The summed E-state index contributed by atoms with van der Waals surface area (Å²) in [6.07, 6.45) is 1.80. The van der Waals surface area contributed by atoms with E-state index in [9.17, 15) is 14.4 Å². The number of benzene rings is 2. The molecule has 5 aromatic rings. The van der Waals surface area contributed by atoms with Gasteiger partial charge in [-0.2, -0.15) is 4.98 Å². The van der Waals surface area contributed by atoms with E-state index < -0.39 is 17.2 Å². The zero-order chi connectivity index (χ0) is 25.6. The molecule has 0 spiro atoms. The predicted octanol–water partition coefficient (Wildman–Crippen LogP) is 3.38. The first-order valence-corrected chi connectivity index (χ1v) is 11.8. The van der Waals surface area contributed by atoms with Crippen molar-refractivity contribution in [3.05, 3.63) is 86.7 Å². The topological polar surface area (TPSA) is 92.5 Å². The fourth-order valence-electron chi connectivity index (χ4n) is 4.68. The summed E-state index contributed by atoms with van der Waals surface area (Å²) in [4.78, 5) is 43.3. The van der Waals surface area contributed by atoms with Crippen molar-refractivity contribution in [2.75, 3.05) is 6.61 Å². The maximum absolute atomic E-state index is 13.6. The molecule has 0 aliphatic carbocycles. The van der Waals surface area contributed by atoms with E-state index in [2.05, 4.69) is 18.2 Å². The molecular formula is C27H27N5O4. The summed E-state index contributed by atoms with van der Waals surface area (Å²) in [5.41, 5.74) is 4.45. The number of esters is 1. The van der Waals surface area contributed by atoms with Gasteiger partial charge in [-0.3, -0.25) is 27.7 Å². The van der Waals surface area contributed by atoms with Gasteiger partial charge in [0, 0.05) is 31.0 Å². The van der Waals surface area contributed by atoms with Crippen LogP contribution in [0.1, 0.15) is 24.5 Å². The molecule has 0 radical (unpaired) electrons. The largest absolute Gasteiger partial charge is 0.466 e. The zero-order valence-corrected chi connectivity index (χ0v) is 20.7. The Labute approximate surface area is 206 Å². The monoisotopic (exact) mass is 485 g/mol. The molecule has 36 heavy (non-hydrogen) atoms. The minimum atomic E-state index is -0.529. The molecule has 3 aromatic heterocycles. The third kappa shape index (κ3) is 3.82. The molecule has 3 heterocycles. The Morgan fingerprint density at radius 1 is 1.03 bits per heavy atom. The second kappa shape index (κ2) is 8.99. The molecule has 0 fully saturated rings. The van der Waals surface area contributed by atoms with Crippen LogP contribution < -0.4 is 11.2 Å². The summed E-state index contributed by atoms with van der Waals surface area (Å²) in [6.45, 7) is 5.95. The van der Waals surface area contributed by atoms with Crippen LogP contribution in [0.25, 0.3) is 33.9 Å². The van der Waals surface area contributed by atoms with E-state index in [1.807, 2.05) is 54.9 Å². The maximum atomic E-state index is 13.6. The Morgan fingerprint density at radius 2 is 1.72 bits per heavy atom. The molecule has 0 aliphatic rings. The van der Waals surface area contributed by atoms with Crippen LogP contribution in [0.3, 0.4) is 0 Å². The van der Waals surface area contributed by atoms with E-state index in [4.69, 9.17) is 9.72 Å². The standard InChI is InChI=1S/C27H27N5O4/c1-5-36-22(33)11-12-30-25(34)23-24(29(4)27(30)35)28-26-31(23)16-21(19-9-7-6-8-10-19)32(26)20-14-17(2)13-18(3)15-20/h6-10,13-16H,5,11-12H2,1-4H3. The number of aryl methyl sites for hydroxylation is 3. The predicted molar refractivity (Wildman–Crippen MR) is 138 cm³/mol. The fraction of sp³-hybridized carbons (Fsp3) is 0.259. The van der Waals surface area contributed by atoms with E-state index in [1.54, 1.807) is 18.4 Å². The van der Waals surface area contributed by atoms with Crippen molar-refractivity contribution in [1.82, 2.24) is 23.1 Å². The zero-order valence-electron chi connectivity index (χ0n) is 20.7. The normalized spacial score (nSPS) is 11.4. The molecular weight excluding hydrogens is 458 g/mol. The molecule has 0 atom stereocenters. The van der Waals surface area contributed by atoms with Crippen LogP contribution in [0.5, 0.6) is 0 Å². The van der Waals surface area contributed by atoms with Gasteiger partial charge in [0.1, 0.15) is 0 Å². The van der Waals surface area contributed by atoms with Gasteiger partial charge in [0.15, 0.2) is 11.2 Å². The fourth-order valence-corrected chi connectivity index (χ4v) is 4.68. The summed E-state index contributed by atoms with van der Waals surface area (Å²) >= 11 is 0. The molecule has 5 rings (SSSR count).